The highest BCUT2D eigenvalue weighted by atomic mass is 35.5. The van der Waals surface area contributed by atoms with Gasteiger partial charge in [-0.2, -0.15) is 5.10 Å². The molecule has 0 radical (unpaired) electrons. The van der Waals surface area contributed by atoms with Gasteiger partial charge in [0, 0.05) is 24.2 Å². The number of carbonyl (C=O) groups is 1. The molecule has 6 nitrogen and oxygen atoms in total. The molecular weight excluding hydrogens is 342 g/mol. The van der Waals surface area contributed by atoms with E-state index in [1.54, 1.807) is 24.3 Å². The van der Waals surface area contributed by atoms with E-state index in [0.717, 1.165) is 11.1 Å². The largest absolute Gasteiger partial charge is 0.463 e. The molecular formula is C18H16ClN3O3. The first-order chi connectivity index (χ1) is 12.2. The molecule has 25 heavy (non-hydrogen) atoms. The zero-order valence-electron chi connectivity index (χ0n) is 13.5. The number of carbonyl (C=O) groups excluding carboxylic acids is 1. The molecule has 4 rings (SSSR count). The van der Waals surface area contributed by atoms with Crippen LogP contribution in [0.3, 0.4) is 0 Å². The Bertz CT molecular complexity index is 887. The quantitative estimate of drug-likeness (QED) is 0.758. The number of fused-ring (bicyclic) bond motifs is 1. The lowest BCUT2D eigenvalue weighted by molar-refractivity contribution is 0.0677. The fraction of sp³-hybridized carbons (Fsp3) is 0.222. The number of nitrogens with zero attached hydrogens (tertiary/aromatic N) is 2. The Morgan fingerprint density at radius 3 is 2.80 bits per heavy atom. The van der Waals surface area contributed by atoms with Gasteiger partial charge in [-0.15, -0.1) is 0 Å². The molecule has 1 aliphatic heterocycles. The molecule has 128 valence electrons. The molecule has 1 amide bonds. The molecule has 0 aliphatic carbocycles. The Hall–Kier alpha value is -2.57. The predicted octanol–water partition coefficient (Wildman–Crippen LogP) is 3.51. The van der Waals surface area contributed by atoms with Crippen LogP contribution in [0.15, 0.2) is 47.1 Å². The number of rotatable bonds is 5. The van der Waals surface area contributed by atoms with Gasteiger partial charge in [-0.05, 0) is 29.8 Å². The van der Waals surface area contributed by atoms with Crippen LogP contribution in [0.5, 0.6) is 0 Å². The lowest BCUT2D eigenvalue weighted by Crippen LogP contribution is -2.32. The van der Waals surface area contributed by atoms with Gasteiger partial charge in [0.05, 0.1) is 18.9 Å². The summed E-state index contributed by atoms with van der Waals surface area (Å²) in [5.41, 5.74) is 2.91. The van der Waals surface area contributed by atoms with Crippen molar-refractivity contribution in [3.8, 4) is 11.5 Å². The summed E-state index contributed by atoms with van der Waals surface area (Å²) >= 11 is 6.02. The average Bonchev–Trinajstić information content (AvgIpc) is 3.32. The number of furan rings is 1. The lowest BCUT2D eigenvalue weighted by atomic mass is 9.98. The zero-order valence-corrected chi connectivity index (χ0v) is 14.3. The minimum absolute atomic E-state index is 0.124. The second kappa shape index (κ2) is 6.38. The number of ether oxygens (including phenoxy) is 1. The van der Waals surface area contributed by atoms with Crippen molar-refractivity contribution in [1.82, 2.24) is 15.1 Å². The lowest BCUT2D eigenvalue weighted by Gasteiger charge is -2.26. The van der Waals surface area contributed by atoms with Gasteiger partial charge in [-0.1, -0.05) is 23.7 Å². The van der Waals surface area contributed by atoms with Crippen LogP contribution in [-0.2, 0) is 4.74 Å². The van der Waals surface area contributed by atoms with Crippen molar-refractivity contribution < 1.29 is 13.9 Å². The van der Waals surface area contributed by atoms with Gasteiger partial charge in [0.25, 0.3) is 5.91 Å². The van der Waals surface area contributed by atoms with E-state index in [0.29, 0.717) is 35.3 Å². The summed E-state index contributed by atoms with van der Waals surface area (Å²) in [6, 6.07) is 10.9. The molecule has 0 fully saturated rings. The number of amides is 1. The Balaban J connectivity index is 1.85. The Morgan fingerprint density at radius 2 is 2.12 bits per heavy atom. The van der Waals surface area contributed by atoms with Gasteiger partial charge < -0.3 is 14.1 Å². The molecule has 0 spiro atoms. The summed E-state index contributed by atoms with van der Waals surface area (Å²) in [6.45, 7) is 0.913. The first-order valence-electron chi connectivity index (χ1n) is 7.88. The second-order valence-electron chi connectivity index (χ2n) is 5.78. The number of hydrogen-bond donors (Lipinski definition) is 1. The molecule has 1 atom stereocenters. The molecule has 2 aromatic heterocycles. The van der Waals surface area contributed by atoms with Gasteiger partial charge in [0.15, 0.2) is 11.5 Å². The number of methoxy groups -OCH3 is 1. The maximum Gasteiger partial charge on any atom is 0.275 e. The number of halogens is 1. The van der Waals surface area contributed by atoms with Gasteiger partial charge >= 0.3 is 0 Å². The van der Waals surface area contributed by atoms with Gasteiger partial charge in [-0.3, -0.25) is 9.89 Å². The van der Waals surface area contributed by atoms with Crippen LogP contribution in [-0.4, -0.2) is 41.3 Å². The Labute approximate surface area is 149 Å². The number of nitrogens with one attached hydrogen (secondary N) is 1. The topological polar surface area (TPSA) is 71.4 Å². The third-order valence-corrected chi connectivity index (χ3v) is 4.59. The number of hydrogen-bond acceptors (Lipinski definition) is 4. The van der Waals surface area contributed by atoms with E-state index in [-0.39, 0.29) is 11.9 Å². The van der Waals surface area contributed by atoms with Crippen molar-refractivity contribution >= 4 is 17.5 Å². The average molecular weight is 358 g/mol. The highest BCUT2D eigenvalue weighted by Crippen LogP contribution is 2.42. The van der Waals surface area contributed by atoms with Gasteiger partial charge in [-0.25, -0.2) is 0 Å². The minimum Gasteiger partial charge on any atom is -0.463 e. The van der Waals surface area contributed by atoms with E-state index in [4.69, 9.17) is 20.8 Å². The summed E-state index contributed by atoms with van der Waals surface area (Å²) in [7, 11) is 1.62. The Kier molecular flexibility index (Phi) is 4.07. The summed E-state index contributed by atoms with van der Waals surface area (Å²) in [5, 5.41) is 7.84. The molecule has 0 saturated carbocycles. The van der Waals surface area contributed by atoms with Crippen molar-refractivity contribution in [3.05, 3.63) is 64.5 Å². The summed E-state index contributed by atoms with van der Waals surface area (Å²) in [6.07, 6.45) is 1.60. The van der Waals surface area contributed by atoms with Crippen LogP contribution in [0, 0.1) is 0 Å². The monoisotopic (exact) mass is 357 g/mol. The standard InChI is InChI=1S/C18H16ClN3O3/c1-24-10-8-22-17(11-4-6-12(19)7-5-11)14-15(13-3-2-9-25-13)20-21-16(14)18(22)23/h2-7,9,17H,8,10H2,1H3,(H,20,21)/t17-/m1/s1. The molecule has 1 aromatic carbocycles. The first-order valence-corrected chi connectivity index (χ1v) is 8.26. The highest BCUT2D eigenvalue weighted by Gasteiger charge is 2.42. The number of benzene rings is 1. The maximum absolute atomic E-state index is 12.9. The van der Waals surface area contributed by atoms with Crippen LogP contribution >= 0.6 is 11.6 Å². The van der Waals surface area contributed by atoms with Crippen molar-refractivity contribution in [2.75, 3.05) is 20.3 Å². The molecule has 0 unspecified atom stereocenters. The van der Waals surface area contributed by atoms with Crippen molar-refractivity contribution in [1.29, 1.82) is 0 Å². The molecule has 0 bridgehead atoms. The maximum atomic E-state index is 12.9. The number of H-pyrrole nitrogens is 1. The van der Waals surface area contributed by atoms with E-state index in [9.17, 15) is 4.79 Å². The minimum atomic E-state index is -0.270. The molecule has 7 heteroatoms. The highest BCUT2D eigenvalue weighted by molar-refractivity contribution is 6.30. The van der Waals surface area contributed by atoms with Crippen molar-refractivity contribution in [3.63, 3.8) is 0 Å². The number of aromatic amines is 1. The van der Waals surface area contributed by atoms with Crippen LogP contribution in [0.4, 0.5) is 0 Å². The predicted molar refractivity (Wildman–Crippen MR) is 92.5 cm³/mol. The Morgan fingerprint density at radius 1 is 1.32 bits per heavy atom. The van der Waals surface area contributed by atoms with E-state index >= 15 is 0 Å². The second-order valence-corrected chi connectivity index (χ2v) is 6.22. The summed E-state index contributed by atoms with van der Waals surface area (Å²) in [4.78, 5) is 14.6. The van der Waals surface area contributed by atoms with E-state index in [1.165, 1.54) is 0 Å². The smallest absolute Gasteiger partial charge is 0.275 e. The van der Waals surface area contributed by atoms with Crippen LogP contribution in [0.25, 0.3) is 11.5 Å². The third kappa shape index (κ3) is 2.63. The van der Waals surface area contributed by atoms with E-state index in [2.05, 4.69) is 10.2 Å². The summed E-state index contributed by atoms with van der Waals surface area (Å²) < 4.78 is 10.7. The SMILES string of the molecule is COCCN1C(=O)c2n[nH]c(-c3ccco3)c2[C@H]1c1ccc(Cl)cc1. The van der Waals surface area contributed by atoms with Crippen molar-refractivity contribution in [2.45, 2.75) is 6.04 Å². The molecule has 1 N–H and O–H groups in total. The first kappa shape index (κ1) is 15.9. The normalized spacial score (nSPS) is 16.5. The van der Waals surface area contributed by atoms with Crippen LogP contribution in [0.2, 0.25) is 5.02 Å². The van der Waals surface area contributed by atoms with E-state index in [1.807, 2.05) is 30.3 Å². The zero-order chi connectivity index (χ0) is 17.4. The van der Waals surface area contributed by atoms with Crippen LogP contribution in [0.1, 0.15) is 27.7 Å². The fourth-order valence-corrected chi connectivity index (χ4v) is 3.34. The molecule has 3 aromatic rings. The fourth-order valence-electron chi connectivity index (χ4n) is 3.21. The summed E-state index contributed by atoms with van der Waals surface area (Å²) in [5.74, 6) is 0.523. The van der Waals surface area contributed by atoms with Gasteiger partial charge in [0.1, 0.15) is 5.69 Å². The third-order valence-electron chi connectivity index (χ3n) is 4.34. The number of aromatic nitrogens is 2. The van der Waals surface area contributed by atoms with E-state index < -0.39 is 0 Å². The van der Waals surface area contributed by atoms with Gasteiger partial charge in [0.2, 0.25) is 0 Å². The molecule has 1 aliphatic rings. The van der Waals surface area contributed by atoms with Crippen LogP contribution < -0.4 is 0 Å². The molecule has 0 saturated heterocycles. The molecule has 3 heterocycles. The van der Waals surface area contributed by atoms with Crippen molar-refractivity contribution in [2.24, 2.45) is 0 Å².